The highest BCUT2D eigenvalue weighted by Gasteiger charge is 2.20. The molecule has 0 saturated heterocycles. The molecule has 1 heterocycles. The Morgan fingerprint density at radius 2 is 1.97 bits per heavy atom. The molecule has 0 bridgehead atoms. The van der Waals surface area contributed by atoms with Gasteiger partial charge >= 0.3 is 0 Å². The van der Waals surface area contributed by atoms with Crippen LogP contribution in [0.3, 0.4) is 0 Å². The number of amides is 1. The fourth-order valence-corrected chi connectivity index (χ4v) is 2.78. The predicted molar refractivity (Wildman–Crippen MR) is 111 cm³/mol. The molecule has 0 atom stereocenters. The summed E-state index contributed by atoms with van der Waals surface area (Å²) in [7, 11) is 0. The summed E-state index contributed by atoms with van der Waals surface area (Å²) in [6.07, 6.45) is 1.45. The number of halogens is 1. The van der Waals surface area contributed by atoms with Crippen molar-refractivity contribution in [2.75, 3.05) is 0 Å². The van der Waals surface area contributed by atoms with Crippen LogP contribution < -0.4 is 11.0 Å². The van der Waals surface area contributed by atoms with E-state index in [1.807, 2.05) is 19.1 Å². The largest absolute Gasteiger partial charge is 0.292 e. The smallest absolute Gasteiger partial charge is 0.266 e. The first-order valence-corrected chi connectivity index (χ1v) is 8.98. The van der Waals surface area contributed by atoms with Gasteiger partial charge in [-0.15, -0.1) is 0 Å². The van der Waals surface area contributed by atoms with Crippen molar-refractivity contribution in [1.82, 2.24) is 15.2 Å². The van der Waals surface area contributed by atoms with Gasteiger partial charge in [0, 0.05) is 10.6 Å². The van der Waals surface area contributed by atoms with E-state index in [0.717, 1.165) is 15.8 Å². The Bertz CT molecular complexity index is 1210. The van der Waals surface area contributed by atoms with Crippen molar-refractivity contribution in [1.29, 1.82) is 5.26 Å². The van der Waals surface area contributed by atoms with Crippen molar-refractivity contribution >= 4 is 23.7 Å². The number of hydrogen-bond acceptors (Lipinski definition) is 5. The van der Waals surface area contributed by atoms with E-state index >= 15 is 0 Å². The summed E-state index contributed by atoms with van der Waals surface area (Å²) in [5.41, 5.74) is 3.89. The van der Waals surface area contributed by atoms with Crippen LogP contribution in [-0.4, -0.2) is 21.9 Å². The van der Waals surface area contributed by atoms with Crippen molar-refractivity contribution in [3.05, 3.63) is 91.9 Å². The molecular formula is C21H16ClN5O2. The number of carbonyl (C=O) groups excluding carboxylic acids is 1. The van der Waals surface area contributed by atoms with Gasteiger partial charge in [0.1, 0.15) is 11.6 Å². The van der Waals surface area contributed by atoms with Gasteiger partial charge in [0.05, 0.1) is 11.9 Å². The minimum atomic E-state index is -0.634. The lowest BCUT2D eigenvalue weighted by atomic mass is 10.1. The number of benzene rings is 2. The Morgan fingerprint density at radius 3 is 2.62 bits per heavy atom. The number of carbonyl (C=O) groups is 1. The molecule has 0 aliphatic rings. The van der Waals surface area contributed by atoms with Gasteiger partial charge in [-0.1, -0.05) is 35.9 Å². The molecule has 0 radical (unpaired) electrons. The average Bonchev–Trinajstić information content (AvgIpc) is 2.70. The summed E-state index contributed by atoms with van der Waals surface area (Å²) in [5, 5.41) is 18.1. The molecule has 3 aromatic rings. The normalized spacial score (nSPS) is 10.7. The van der Waals surface area contributed by atoms with Crippen LogP contribution in [0.1, 0.15) is 32.7 Å². The summed E-state index contributed by atoms with van der Waals surface area (Å²) < 4.78 is 1.05. The molecular weight excluding hydrogens is 390 g/mol. The molecule has 0 aliphatic heterocycles. The number of aryl methyl sites for hydroxylation is 1. The molecule has 2 aromatic carbocycles. The Balaban J connectivity index is 1.97. The van der Waals surface area contributed by atoms with E-state index in [9.17, 15) is 14.9 Å². The standard InChI is InChI=1S/C21H16ClN5O2/c1-13-4-3-5-17(10-13)27-21(29)18(11-23)14(2)19(26-27)20(28)25-24-12-15-6-8-16(22)9-7-15/h3-10,12H,1-2H3,(H,25,28)/b24-12+. The number of hydrazone groups is 1. The first kappa shape index (κ1) is 20.0. The molecule has 0 saturated carbocycles. The molecule has 7 nitrogen and oxygen atoms in total. The molecule has 1 amide bonds. The average molecular weight is 406 g/mol. The lowest BCUT2D eigenvalue weighted by Gasteiger charge is -2.11. The minimum Gasteiger partial charge on any atom is -0.266 e. The quantitative estimate of drug-likeness (QED) is 0.532. The Hall–Kier alpha value is -3.76. The number of hydrogen-bond donors (Lipinski definition) is 1. The maximum absolute atomic E-state index is 12.6. The molecule has 3 rings (SSSR count). The van der Waals surface area contributed by atoms with Crippen molar-refractivity contribution in [2.24, 2.45) is 5.10 Å². The van der Waals surface area contributed by atoms with Crippen molar-refractivity contribution in [3.63, 3.8) is 0 Å². The van der Waals surface area contributed by atoms with E-state index in [2.05, 4.69) is 15.6 Å². The highest BCUT2D eigenvalue weighted by Crippen LogP contribution is 2.12. The fourth-order valence-electron chi connectivity index (χ4n) is 2.65. The highest BCUT2D eigenvalue weighted by molar-refractivity contribution is 6.30. The van der Waals surface area contributed by atoms with Crippen LogP contribution in [0.2, 0.25) is 5.02 Å². The molecule has 8 heteroatoms. The summed E-state index contributed by atoms with van der Waals surface area (Å²) in [6, 6.07) is 15.8. The summed E-state index contributed by atoms with van der Waals surface area (Å²) in [5.74, 6) is -0.634. The molecule has 0 fully saturated rings. The lowest BCUT2D eigenvalue weighted by Crippen LogP contribution is -2.31. The summed E-state index contributed by atoms with van der Waals surface area (Å²) in [6.45, 7) is 3.37. The molecule has 29 heavy (non-hydrogen) atoms. The van der Waals surface area contributed by atoms with E-state index in [1.54, 1.807) is 42.5 Å². The van der Waals surface area contributed by atoms with Gasteiger partial charge in [-0.05, 0) is 49.2 Å². The second-order valence-electron chi connectivity index (χ2n) is 6.27. The Labute approximate surface area is 171 Å². The van der Waals surface area contributed by atoms with E-state index in [4.69, 9.17) is 11.6 Å². The first-order chi connectivity index (χ1) is 13.9. The van der Waals surface area contributed by atoms with E-state index in [0.29, 0.717) is 10.7 Å². The third kappa shape index (κ3) is 4.39. The maximum Gasteiger partial charge on any atom is 0.292 e. The van der Waals surface area contributed by atoms with Crippen LogP contribution in [0, 0.1) is 25.2 Å². The molecule has 0 unspecified atom stereocenters. The monoisotopic (exact) mass is 405 g/mol. The summed E-state index contributed by atoms with van der Waals surface area (Å²) >= 11 is 5.83. The zero-order valence-corrected chi connectivity index (χ0v) is 16.4. The topological polar surface area (TPSA) is 100 Å². The molecule has 144 valence electrons. The zero-order chi connectivity index (χ0) is 21.0. The molecule has 0 spiro atoms. The first-order valence-electron chi connectivity index (χ1n) is 8.60. The maximum atomic E-state index is 12.6. The van der Waals surface area contributed by atoms with Gasteiger partial charge in [0.25, 0.3) is 11.5 Å². The van der Waals surface area contributed by atoms with Crippen LogP contribution in [0.25, 0.3) is 5.69 Å². The van der Waals surface area contributed by atoms with Crippen LogP contribution in [-0.2, 0) is 0 Å². The van der Waals surface area contributed by atoms with Gasteiger partial charge in [-0.2, -0.15) is 20.1 Å². The minimum absolute atomic E-state index is 0.0593. The lowest BCUT2D eigenvalue weighted by molar-refractivity contribution is 0.0947. The van der Waals surface area contributed by atoms with Crippen LogP contribution in [0.4, 0.5) is 0 Å². The van der Waals surface area contributed by atoms with Crippen LogP contribution in [0.15, 0.2) is 58.4 Å². The SMILES string of the molecule is Cc1cccc(-n2nc(C(=O)N/N=C/c3ccc(Cl)cc3)c(C)c(C#N)c2=O)c1. The van der Waals surface area contributed by atoms with Gasteiger partial charge in [0.2, 0.25) is 0 Å². The van der Waals surface area contributed by atoms with Crippen molar-refractivity contribution < 1.29 is 4.79 Å². The third-order valence-corrected chi connectivity index (χ3v) is 4.41. The number of nitrogens with one attached hydrogen (secondary N) is 1. The fraction of sp³-hybridized carbons (Fsp3) is 0.0952. The third-order valence-electron chi connectivity index (χ3n) is 4.16. The number of aromatic nitrogens is 2. The van der Waals surface area contributed by atoms with E-state index in [1.165, 1.54) is 13.1 Å². The zero-order valence-electron chi connectivity index (χ0n) is 15.7. The van der Waals surface area contributed by atoms with Gasteiger partial charge in [0.15, 0.2) is 5.69 Å². The van der Waals surface area contributed by atoms with Gasteiger partial charge in [-0.25, -0.2) is 5.43 Å². The Morgan fingerprint density at radius 1 is 1.24 bits per heavy atom. The second kappa shape index (κ2) is 8.50. The van der Waals surface area contributed by atoms with E-state index in [-0.39, 0.29) is 16.8 Å². The molecule has 1 N–H and O–H groups in total. The number of nitrogens with zero attached hydrogens (tertiary/aromatic N) is 4. The van der Waals surface area contributed by atoms with E-state index < -0.39 is 11.5 Å². The summed E-state index contributed by atoms with van der Waals surface area (Å²) in [4.78, 5) is 25.2. The number of rotatable bonds is 4. The van der Waals surface area contributed by atoms with Crippen molar-refractivity contribution in [2.45, 2.75) is 13.8 Å². The molecule has 1 aromatic heterocycles. The van der Waals surface area contributed by atoms with Crippen LogP contribution >= 0.6 is 11.6 Å². The molecule has 0 aliphatic carbocycles. The number of nitriles is 1. The Kier molecular flexibility index (Phi) is 5.86. The van der Waals surface area contributed by atoms with Gasteiger partial charge < -0.3 is 0 Å². The predicted octanol–water partition coefficient (Wildman–Crippen LogP) is 3.14. The van der Waals surface area contributed by atoms with Crippen LogP contribution in [0.5, 0.6) is 0 Å². The highest BCUT2D eigenvalue weighted by atomic mass is 35.5. The van der Waals surface area contributed by atoms with Gasteiger partial charge in [-0.3, -0.25) is 9.59 Å². The van der Waals surface area contributed by atoms with Crippen molar-refractivity contribution in [3.8, 4) is 11.8 Å². The second-order valence-corrected chi connectivity index (χ2v) is 6.70.